The Morgan fingerprint density at radius 2 is 2.07 bits per heavy atom. The number of alkyl halides is 3. The van der Waals surface area contributed by atoms with Crippen LogP contribution in [0.1, 0.15) is 5.01 Å². The summed E-state index contributed by atoms with van der Waals surface area (Å²) in [6.45, 7) is 0. The molecular formula is C7H4F3NO2S. The third-order valence-electron chi connectivity index (χ3n) is 1.31. The van der Waals surface area contributed by atoms with E-state index in [9.17, 15) is 22.8 Å². The minimum absolute atomic E-state index is 0.201. The van der Waals surface area contributed by atoms with Crippen LogP contribution in [-0.2, 0) is 16.0 Å². The Bertz CT molecular complexity index is 344. The molecule has 1 heterocycles. The number of ketones is 2. The Labute approximate surface area is 80.6 Å². The molecular weight excluding hydrogens is 219 g/mol. The van der Waals surface area contributed by atoms with E-state index >= 15 is 0 Å². The van der Waals surface area contributed by atoms with Crippen LogP contribution in [0.3, 0.4) is 0 Å². The number of thiazole rings is 1. The molecule has 0 unspecified atom stereocenters. The van der Waals surface area contributed by atoms with Crippen molar-refractivity contribution in [2.75, 3.05) is 0 Å². The summed E-state index contributed by atoms with van der Waals surface area (Å²) in [6, 6.07) is 0. The Hall–Kier alpha value is -1.24. The monoisotopic (exact) mass is 223 g/mol. The van der Waals surface area contributed by atoms with Crippen LogP contribution in [0.25, 0.3) is 0 Å². The lowest BCUT2D eigenvalue weighted by Crippen LogP contribution is -2.31. The van der Waals surface area contributed by atoms with Gasteiger partial charge in [-0.2, -0.15) is 13.2 Å². The summed E-state index contributed by atoms with van der Waals surface area (Å²) in [4.78, 5) is 24.7. The Morgan fingerprint density at radius 1 is 1.43 bits per heavy atom. The fraction of sp³-hybridized carbons (Fsp3) is 0.286. The molecule has 0 N–H and O–H groups in total. The van der Waals surface area contributed by atoms with Crippen LogP contribution < -0.4 is 0 Å². The average molecular weight is 223 g/mol. The normalized spacial score (nSPS) is 11.4. The van der Waals surface area contributed by atoms with E-state index in [-0.39, 0.29) is 5.01 Å². The molecule has 76 valence electrons. The molecule has 0 atom stereocenters. The number of hydrogen-bond acceptors (Lipinski definition) is 4. The van der Waals surface area contributed by atoms with E-state index in [1.165, 1.54) is 11.6 Å². The highest BCUT2D eigenvalue weighted by Crippen LogP contribution is 2.17. The van der Waals surface area contributed by atoms with Gasteiger partial charge in [0.25, 0.3) is 0 Å². The van der Waals surface area contributed by atoms with Crippen LogP contribution in [0.4, 0.5) is 13.2 Å². The maximum atomic E-state index is 11.7. The summed E-state index contributed by atoms with van der Waals surface area (Å²) in [5.41, 5.74) is 0. The highest BCUT2D eigenvalue weighted by Gasteiger charge is 2.43. The van der Waals surface area contributed by atoms with Crippen molar-refractivity contribution in [2.45, 2.75) is 12.6 Å². The number of hydrogen-bond donors (Lipinski definition) is 0. The van der Waals surface area contributed by atoms with Crippen molar-refractivity contribution in [3.05, 3.63) is 16.6 Å². The second-order valence-electron chi connectivity index (χ2n) is 2.35. The maximum absolute atomic E-state index is 11.7. The minimum atomic E-state index is -5.09. The fourth-order valence-electron chi connectivity index (χ4n) is 0.716. The van der Waals surface area contributed by atoms with Gasteiger partial charge in [0.1, 0.15) is 5.01 Å². The molecule has 0 radical (unpaired) electrons. The van der Waals surface area contributed by atoms with E-state index < -0.39 is 24.2 Å². The SMILES string of the molecule is O=C(Cc1nccs1)C(=O)C(F)(F)F. The number of rotatable bonds is 3. The summed E-state index contributed by atoms with van der Waals surface area (Å²) in [5.74, 6) is -3.81. The van der Waals surface area contributed by atoms with Gasteiger partial charge < -0.3 is 0 Å². The van der Waals surface area contributed by atoms with Crippen molar-refractivity contribution >= 4 is 22.9 Å². The Morgan fingerprint density at radius 3 is 2.50 bits per heavy atom. The van der Waals surface area contributed by atoms with E-state index in [0.717, 1.165) is 11.3 Å². The van der Waals surface area contributed by atoms with Crippen LogP contribution in [-0.4, -0.2) is 22.7 Å². The number of nitrogens with zero attached hydrogens (tertiary/aromatic N) is 1. The molecule has 0 aliphatic heterocycles. The summed E-state index contributed by atoms with van der Waals surface area (Å²) < 4.78 is 35.2. The maximum Gasteiger partial charge on any atom is 0.458 e. The lowest BCUT2D eigenvalue weighted by Gasteiger charge is -2.01. The molecule has 7 heteroatoms. The first-order valence-electron chi connectivity index (χ1n) is 3.44. The average Bonchev–Trinajstić information content (AvgIpc) is 2.53. The van der Waals surface area contributed by atoms with E-state index in [0.29, 0.717) is 0 Å². The zero-order valence-electron chi connectivity index (χ0n) is 6.67. The molecule has 0 aromatic carbocycles. The van der Waals surface area contributed by atoms with Gasteiger partial charge in [-0.1, -0.05) is 0 Å². The number of aromatic nitrogens is 1. The van der Waals surface area contributed by atoms with Crippen LogP contribution in [0.15, 0.2) is 11.6 Å². The quantitative estimate of drug-likeness (QED) is 0.727. The van der Waals surface area contributed by atoms with Gasteiger partial charge in [-0.3, -0.25) is 9.59 Å². The third kappa shape index (κ3) is 2.63. The molecule has 1 aromatic heterocycles. The van der Waals surface area contributed by atoms with Gasteiger partial charge >= 0.3 is 12.0 Å². The predicted octanol–water partition coefficient (Wildman–Crippen LogP) is 1.39. The van der Waals surface area contributed by atoms with E-state index in [4.69, 9.17) is 0 Å². The largest absolute Gasteiger partial charge is 0.458 e. The first kappa shape index (κ1) is 10.8. The predicted molar refractivity (Wildman–Crippen MR) is 41.9 cm³/mol. The van der Waals surface area contributed by atoms with Crippen LogP contribution in [0.2, 0.25) is 0 Å². The molecule has 0 saturated heterocycles. The summed E-state index contributed by atoms with van der Waals surface area (Å²) in [6.07, 6.45) is -4.32. The van der Waals surface area contributed by atoms with Gasteiger partial charge in [0, 0.05) is 11.6 Å². The molecule has 1 rings (SSSR count). The Kier molecular flexibility index (Phi) is 3.00. The molecule has 1 aromatic rings. The molecule has 0 amide bonds. The van der Waals surface area contributed by atoms with E-state index in [1.807, 2.05) is 0 Å². The van der Waals surface area contributed by atoms with Crippen LogP contribution >= 0.6 is 11.3 Å². The fourth-order valence-corrected chi connectivity index (χ4v) is 1.33. The molecule has 3 nitrogen and oxygen atoms in total. The van der Waals surface area contributed by atoms with Crippen molar-refractivity contribution < 1.29 is 22.8 Å². The van der Waals surface area contributed by atoms with Gasteiger partial charge in [0.2, 0.25) is 5.78 Å². The van der Waals surface area contributed by atoms with Gasteiger partial charge in [-0.25, -0.2) is 4.98 Å². The molecule has 0 saturated carbocycles. The first-order valence-corrected chi connectivity index (χ1v) is 4.32. The van der Waals surface area contributed by atoms with Gasteiger partial charge in [-0.15, -0.1) is 11.3 Å². The standard InChI is InChI=1S/C7H4F3NO2S/c8-7(9,10)6(13)4(12)3-5-11-1-2-14-5/h1-2H,3H2. The second-order valence-corrected chi connectivity index (χ2v) is 3.33. The lowest BCUT2D eigenvalue weighted by atomic mass is 10.2. The van der Waals surface area contributed by atoms with Crippen molar-refractivity contribution in [3.8, 4) is 0 Å². The molecule has 0 aliphatic carbocycles. The van der Waals surface area contributed by atoms with E-state index in [2.05, 4.69) is 4.98 Å². The number of halogens is 3. The van der Waals surface area contributed by atoms with Gasteiger partial charge in [0.05, 0.1) is 6.42 Å². The first-order chi connectivity index (χ1) is 6.41. The molecule has 0 spiro atoms. The lowest BCUT2D eigenvalue weighted by molar-refractivity contribution is -0.174. The topological polar surface area (TPSA) is 47.0 Å². The van der Waals surface area contributed by atoms with Gasteiger partial charge in [-0.05, 0) is 0 Å². The minimum Gasteiger partial charge on any atom is -0.290 e. The van der Waals surface area contributed by atoms with Crippen molar-refractivity contribution in [1.82, 2.24) is 4.98 Å². The second kappa shape index (κ2) is 3.87. The number of carbonyl (C=O) groups excluding carboxylic acids is 2. The van der Waals surface area contributed by atoms with E-state index in [1.54, 1.807) is 0 Å². The zero-order chi connectivity index (χ0) is 10.8. The van der Waals surface area contributed by atoms with Gasteiger partial charge in [0.15, 0.2) is 0 Å². The highest BCUT2D eigenvalue weighted by atomic mass is 32.1. The van der Waals surface area contributed by atoms with Crippen molar-refractivity contribution in [2.24, 2.45) is 0 Å². The highest BCUT2D eigenvalue weighted by molar-refractivity contribution is 7.09. The summed E-state index contributed by atoms with van der Waals surface area (Å²) in [7, 11) is 0. The van der Waals surface area contributed by atoms with Crippen LogP contribution in [0.5, 0.6) is 0 Å². The smallest absolute Gasteiger partial charge is 0.290 e. The third-order valence-corrected chi connectivity index (χ3v) is 2.09. The zero-order valence-corrected chi connectivity index (χ0v) is 7.48. The molecule has 0 fully saturated rings. The Balaban J connectivity index is 2.64. The van der Waals surface area contributed by atoms with Crippen LogP contribution in [0, 0.1) is 0 Å². The molecule has 0 aliphatic rings. The number of Topliss-reactive ketones (excluding diaryl/α,β-unsaturated/α-hetero) is 2. The summed E-state index contributed by atoms with van der Waals surface area (Å²) in [5, 5.41) is 1.72. The summed E-state index contributed by atoms with van der Waals surface area (Å²) >= 11 is 1.03. The van der Waals surface area contributed by atoms with Crippen molar-refractivity contribution in [3.63, 3.8) is 0 Å². The van der Waals surface area contributed by atoms with Crippen molar-refractivity contribution in [1.29, 1.82) is 0 Å². The number of carbonyl (C=O) groups is 2. The molecule has 14 heavy (non-hydrogen) atoms. The molecule has 0 bridgehead atoms.